The largest absolute Gasteiger partial charge is 0.462 e. The van der Waals surface area contributed by atoms with Gasteiger partial charge in [-0.1, -0.05) is 206 Å². The molecule has 0 radical (unpaired) electrons. The number of hydrogen-bond acceptors (Lipinski definition) is 5. The van der Waals surface area contributed by atoms with Gasteiger partial charge in [0.25, 0.3) is 0 Å². The number of esters is 1. The maximum atomic E-state index is 13.1. The fourth-order valence-electron chi connectivity index (χ4n) is 7.01. The summed E-state index contributed by atoms with van der Waals surface area (Å²) >= 11 is 0. The molecule has 0 bridgehead atoms. The van der Waals surface area contributed by atoms with Gasteiger partial charge in [0.15, 0.2) is 0 Å². The average Bonchev–Trinajstić information content (AvgIpc) is 3.15. The maximum Gasteiger partial charge on any atom is 0.306 e. The molecule has 6 nitrogen and oxygen atoms in total. The predicted molar refractivity (Wildman–Crippen MR) is 227 cm³/mol. The summed E-state index contributed by atoms with van der Waals surface area (Å²) in [4.78, 5) is 25.9. The highest BCUT2D eigenvalue weighted by Gasteiger charge is 2.24. The quantitative estimate of drug-likeness (QED) is 0.0329. The Bertz CT molecular complexity index is 843. The van der Waals surface area contributed by atoms with Gasteiger partial charge in [0, 0.05) is 6.42 Å². The van der Waals surface area contributed by atoms with E-state index < -0.39 is 18.2 Å². The first-order valence-corrected chi connectivity index (χ1v) is 23.1. The normalized spacial score (nSPS) is 13.5. The van der Waals surface area contributed by atoms with Crippen molar-refractivity contribution in [2.75, 3.05) is 6.61 Å². The Morgan fingerprint density at radius 2 is 0.962 bits per heavy atom. The van der Waals surface area contributed by atoms with Gasteiger partial charge >= 0.3 is 5.97 Å². The van der Waals surface area contributed by atoms with Crippen molar-refractivity contribution in [3.8, 4) is 0 Å². The summed E-state index contributed by atoms with van der Waals surface area (Å²) in [6.07, 6.45) is 45.3. The molecule has 0 aliphatic heterocycles. The van der Waals surface area contributed by atoms with E-state index in [1.807, 2.05) is 0 Å². The van der Waals surface area contributed by atoms with Gasteiger partial charge in [0.2, 0.25) is 5.91 Å². The third-order valence-electron chi connectivity index (χ3n) is 10.6. The summed E-state index contributed by atoms with van der Waals surface area (Å²) in [5.41, 5.74) is 0. The Balaban J connectivity index is 4.67. The van der Waals surface area contributed by atoms with E-state index >= 15 is 0 Å². The zero-order valence-corrected chi connectivity index (χ0v) is 35.4. The smallest absolute Gasteiger partial charge is 0.306 e. The highest BCUT2D eigenvalue weighted by Crippen LogP contribution is 2.17. The van der Waals surface area contributed by atoms with E-state index in [0.717, 1.165) is 57.8 Å². The topological polar surface area (TPSA) is 95.9 Å². The van der Waals surface area contributed by atoms with E-state index in [4.69, 9.17) is 4.74 Å². The summed E-state index contributed by atoms with van der Waals surface area (Å²) in [6.45, 7) is 6.43. The molecule has 0 heterocycles. The molecule has 0 rings (SSSR count). The van der Waals surface area contributed by atoms with Crippen LogP contribution in [0.5, 0.6) is 0 Å². The maximum absolute atomic E-state index is 13.1. The van der Waals surface area contributed by atoms with Gasteiger partial charge in [-0.25, -0.2) is 0 Å². The summed E-state index contributed by atoms with van der Waals surface area (Å²) < 4.78 is 5.87. The number of hydrogen-bond donors (Lipinski definition) is 3. The number of carbonyl (C=O) groups is 2. The molecule has 0 saturated carbocycles. The van der Waals surface area contributed by atoms with Crippen molar-refractivity contribution >= 4 is 11.9 Å². The Kier molecular flexibility index (Phi) is 40.2. The molecule has 0 aromatic heterocycles. The number of aliphatic hydroxyl groups excluding tert-OH is 2. The van der Waals surface area contributed by atoms with Crippen LogP contribution in [0.2, 0.25) is 0 Å². The van der Waals surface area contributed by atoms with Crippen LogP contribution in [0.4, 0.5) is 0 Å². The molecular formula is C47H89NO5. The summed E-state index contributed by atoms with van der Waals surface area (Å²) in [5, 5.41) is 23.6. The fourth-order valence-corrected chi connectivity index (χ4v) is 7.01. The Morgan fingerprint density at radius 3 is 1.43 bits per heavy atom. The first kappa shape index (κ1) is 51.3. The Hall–Kier alpha value is -1.66. The molecule has 0 spiro atoms. The summed E-state index contributed by atoms with van der Waals surface area (Å²) in [7, 11) is 0. The second-order valence-corrected chi connectivity index (χ2v) is 15.8. The number of nitrogens with one attached hydrogen (secondary N) is 1. The number of unbranched alkanes of at least 4 members (excludes halogenated alkanes) is 26. The monoisotopic (exact) mass is 748 g/mol. The third kappa shape index (κ3) is 37.1. The minimum atomic E-state index is -0.792. The standard InChI is InChI=1S/C47H89NO5/c1-4-7-10-13-16-19-21-22-23-25-27-29-32-35-38-43(53-47(52)40-37-34-31-28-24-20-17-14-11-8-5-2)41-46(51)48-44(42-49)45(50)39-36-33-30-26-18-15-12-9-6-3/h23,25,27,29,43-45,49-50H,4-22,24,26,28,30-42H2,1-3H3,(H,48,51)/b25-23+,29-27+. The molecule has 312 valence electrons. The lowest BCUT2D eigenvalue weighted by atomic mass is 10.0. The van der Waals surface area contributed by atoms with Gasteiger partial charge in [-0.15, -0.1) is 0 Å². The minimum absolute atomic E-state index is 0.0489. The van der Waals surface area contributed by atoms with Crippen molar-refractivity contribution in [3.05, 3.63) is 24.3 Å². The first-order chi connectivity index (χ1) is 26.0. The van der Waals surface area contributed by atoms with Crippen LogP contribution in [0.1, 0.15) is 239 Å². The van der Waals surface area contributed by atoms with Crippen LogP contribution in [0.3, 0.4) is 0 Å². The lowest BCUT2D eigenvalue weighted by molar-refractivity contribution is -0.151. The zero-order valence-electron chi connectivity index (χ0n) is 35.4. The van der Waals surface area contributed by atoms with Crippen LogP contribution in [-0.2, 0) is 14.3 Å². The second kappa shape index (κ2) is 41.5. The number of ether oxygens (including phenoxy) is 1. The van der Waals surface area contributed by atoms with Crippen LogP contribution in [0, 0.1) is 0 Å². The summed E-state index contributed by atoms with van der Waals surface area (Å²) in [6, 6.07) is -0.708. The van der Waals surface area contributed by atoms with Crippen LogP contribution in [0.15, 0.2) is 24.3 Å². The molecule has 1 amide bonds. The SMILES string of the molecule is CCCCCCCCC/C=C/C=C/CCCC(CC(=O)NC(CO)C(O)CCCCCCCCCCC)OC(=O)CCCCCCCCCCCCC. The van der Waals surface area contributed by atoms with Gasteiger partial charge in [0.05, 0.1) is 25.2 Å². The Morgan fingerprint density at radius 1 is 0.547 bits per heavy atom. The van der Waals surface area contributed by atoms with Gasteiger partial charge < -0.3 is 20.3 Å². The van der Waals surface area contributed by atoms with E-state index in [2.05, 4.69) is 50.4 Å². The molecule has 0 fully saturated rings. The van der Waals surface area contributed by atoms with Crippen molar-refractivity contribution < 1.29 is 24.5 Å². The lowest BCUT2D eigenvalue weighted by Gasteiger charge is -2.24. The number of carbonyl (C=O) groups excluding carboxylic acids is 2. The Labute approximate surface area is 329 Å². The van der Waals surface area contributed by atoms with Crippen LogP contribution < -0.4 is 5.32 Å². The van der Waals surface area contributed by atoms with Crippen molar-refractivity contribution in [1.82, 2.24) is 5.32 Å². The first-order valence-electron chi connectivity index (χ1n) is 23.1. The molecule has 0 aliphatic rings. The third-order valence-corrected chi connectivity index (χ3v) is 10.6. The van der Waals surface area contributed by atoms with Crippen LogP contribution >= 0.6 is 0 Å². The predicted octanol–water partition coefficient (Wildman–Crippen LogP) is 13.2. The number of aliphatic hydroxyl groups is 2. The molecule has 3 unspecified atom stereocenters. The van der Waals surface area contributed by atoms with Crippen molar-refractivity contribution in [3.63, 3.8) is 0 Å². The van der Waals surface area contributed by atoms with E-state index in [0.29, 0.717) is 19.3 Å². The molecular weight excluding hydrogens is 659 g/mol. The van der Waals surface area contributed by atoms with E-state index in [-0.39, 0.29) is 24.9 Å². The number of amides is 1. The fraction of sp³-hybridized carbons (Fsp3) is 0.872. The molecule has 0 aliphatic carbocycles. The van der Waals surface area contributed by atoms with Gasteiger partial charge in [-0.2, -0.15) is 0 Å². The average molecular weight is 748 g/mol. The second-order valence-electron chi connectivity index (χ2n) is 15.8. The van der Waals surface area contributed by atoms with Gasteiger partial charge in [-0.3, -0.25) is 9.59 Å². The van der Waals surface area contributed by atoms with Crippen LogP contribution in [0.25, 0.3) is 0 Å². The molecule has 0 aromatic rings. The number of allylic oxidation sites excluding steroid dienone is 4. The van der Waals surface area contributed by atoms with Crippen molar-refractivity contribution in [2.45, 2.75) is 257 Å². The van der Waals surface area contributed by atoms with Crippen LogP contribution in [-0.4, -0.2) is 46.9 Å². The van der Waals surface area contributed by atoms with E-state index in [1.165, 1.54) is 135 Å². The number of rotatable bonds is 41. The molecule has 3 N–H and O–H groups in total. The van der Waals surface area contributed by atoms with Gasteiger partial charge in [-0.05, 0) is 44.9 Å². The van der Waals surface area contributed by atoms with E-state index in [9.17, 15) is 19.8 Å². The highest BCUT2D eigenvalue weighted by molar-refractivity contribution is 5.77. The van der Waals surface area contributed by atoms with Crippen molar-refractivity contribution in [2.24, 2.45) is 0 Å². The lowest BCUT2D eigenvalue weighted by Crippen LogP contribution is -2.46. The van der Waals surface area contributed by atoms with Crippen molar-refractivity contribution in [1.29, 1.82) is 0 Å². The van der Waals surface area contributed by atoms with E-state index in [1.54, 1.807) is 0 Å². The molecule has 0 aromatic carbocycles. The summed E-state index contributed by atoms with van der Waals surface area (Å²) in [5.74, 6) is -0.516. The minimum Gasteiger partial charge on any atom is -0.462 e. The molecule has 6 heteroatoms. The molecule has 0 saturated heterocycles. The highest BCUT2D eigenvalue weighted by atomic mass is 16.5. The molecule has 53 heavy (non-hydrogen) atoms. The zero-order chi connectivity index (χ0) is 38.9. The molecule has 3 atom stereocenters. The van der Waals surface area contributed by atoms with Gasteiger partial charge in [0.1, 0.15) is 6.10 Å².